The van der Waals surface area contributed by atoms with E-state index in [4.69, 9.17) is 0 Å². The van der Waals surface area contributed by atoms with Crippen LogP contribution in [0.25, 0.3) is 0 Å². The highest BCUT2D eigenvalue weighted by Crippen LogP contribution is 2.26. The molecule has 0 aromatic heterocycles. The van der Waals surface area contributed by atoms with E-state index in [1.165, 1.54) is 0 Å². The van der Waals surface area contributed by atoms with Gasteiger partial charge in [0.25, 0.3) is 11.8 Å². The van der Waals surface area contributed by atoms with E-state index >= 15 is 0 Å². The number of carbonyl (C=O) groups is 3. The van der Waals surface area contributed by atoms with Crippen molar-refractivity contribution in [1.82, 2.24) is 20.9 Å². The molecule has 0 bridgehead atoms. The number of hydrogen-bond donors (Lipinski definition) is 3. The molecule has 2 saturated heterocycles. The maximum atomic E-state index is 12.7. The summed E-state index contributed by atoms with van der Waals surface area (Å²) in [4.78, 5) is 38.0. The first kappa shape index (κ1) is 16.4. The molecule has 2 atom stereocenters. The highest BCUT2D eigenvalue weighted by atomic mass is 16.2. The molecule has 7 heteroatoms. The molecule has 1 aromatic carbocycles. The molecule has 0 radical (unpaired) electrons. The van der Waals surface area contributed by atoms with Crippen molar-refractivity contribution in [2.75, 3.05) is 20.1 Å². The molecule has 2 aliphatic heterocycles. The molecule has 24 heavy (non-hydrogen) atoms. The average Bonchev–Trinajstić information content (AvgIpc) is 3.12. The van der Waals surface area contributed by atoms with Gasteiger partial charge in [0, 0.05) is 24.7 Å². The summed E-state index contributed by atoms with van der Waals surface area (Å²) in [6, 6.07) is 6.60. The third-order valence-electron chi connectivity index (χ3n) is 4.83. The van der Waals surface area contributed by atoms with Crippen molar-refractivity contribution in [3.8, 4) is 0 Å². The van der Waals surface area contributed by atoms with Crippen LogP contribution in [0.1, 0.15) is 35.7 Å². The summed E-state index contributed by atoms with van der Waals surface area (Å²) in [6.45, 7) is 3.20. The van der Waals surface area contributed by atoms with E-state index in [-0.39, 0.29) is 17.9 Å². The molecular formula is C17H22N4O3. The number of nitrogens with one attached hydrogen (secondary N) is 3. The van der Waals surface area contributed by atoms with E-state index in [0.29, 0.717) is 11.1 Å². The van der Waals surface area contributed by atoms with Crippen LogP contribution in [0.5, 0.6) is 0 Å². The molecular weight excluding hydrogens is 308 g/mol. The van der Waals surface area contributed by atoms with Crippen LogP contribution in [0.4, 0.5) is 4.79 Å². The van der Waals surface area contributed by atoms with Crippen LogP contribution in [-0.2, 0) is 10.3 Å². The van der Waals surface area contributed by atoms with E-state index in [1.54, 1.807) is 31.2 Å². The first-order chi connectivity index (χ1) is 11.5. The van der Waals surface area contributed by atoms with Crippen molar-refractivity contribution < 1.29 is 14.4 Å². The highest BCUT2D eigenvalue weighted by molar-refractivity contribution is 6.07. The van der Waals surface area contributed by atoms with Gasteiger partial charge in [0.05, 0.1) is 0 Å². The van der Waals surface area contributed by atoms with E-state index in [1.807, 2.05) is 11.9 Å². The van der Waals surface area contributed by atoms with Crippen LogP contribution in [-0.4, -0.2) is 48.9 Å². The maximum absolute atomic E-state index is 12.7. The molecule has 0 saturated carbocycles. The average molecular weight is 330 g/mol. The molecule has 4 amide bonds. The number of imide groups is 1. The Labute approximate surface area is 140 Å². The molecule has 0 spiro atoms. The Hall–Kier alpha value is -2.41. The molecule has 0 aliphatic carbocycles. The summed E-state index contributed by atoms with van der Waals surface area (Å²) in [5.74, 6) is -0.385. The summed E-state index contributed by atoms with van der Waals surface area (Å²) in [6.07, 6.45) is 2.02. The van der Waals surface area contributed by atoms with Crippen molar-refractivity contribution in [2.45, 2.75) is 31.3 Å². The number of benzene rings is 1. The number of rotatable bonds is 4. The molecule has 1 aromatic rings. The quantitative estimate of drug-likeness (QED) is 0.704. The number of nitrogens with zero attached hydrogens (tertiary/aromatic N) is 1. The topological polar surface area (TPSA) is 90.5 Å². The number of urea groups is 1. The number of hydrogen-bond acceptors (Lipinski definition) is 4. The van der Waals surface area contributed by atoms with E-state index in [2.05, 4.69) is 16.0 Å². The van der Waals surface area contributed by atoms with Crippen LogP contribution >= 0.6 is 0 Å². The molecule has 3 N–H and O–H groups in total. The number of likely N-dealkylation sites (tertiary alicyclic amines) is 1. The monoisotopic (exact) mass is 330 g/mol. The largest absolute Gasteiger partial charge is 0.334 e. The summed E-state index contributed by atoms with van der Waals surface area (Å²) < 4.78 is 0. The molecule has 128 valence electrons. The van der Waals surface area contributed by atoms with Gasteiger partial charge in [-0.15, -0.1) is 0 Å². The smallest absolute Gasteiger partial charge is 0.322 e. The predicted molar refractivity (Wildman–Crippen MR) is 88.5 cm³/mol. The molecule has 7 nitrogen and oxygen atoms in total. The van der Waals surface area contributed by atoms with E-state index in [9.17, 15) is 14.4 Å². The Bertz CT molecular complexity index is 673. The van der Waals surface area contributed by atoms with Gasteiger partial charge in [-0.3, -0.25) is 14.9 Å². The fraction of sp³-hybridized carbons (Fsp3) is 0.471. The number of carbonyl (C=O) groups excluding carboxylic acids is 3. The number of amides is 4. The van der Waals surface area contributed by atoms with Crippen LogP contribution in [0.3, 0.4) is 0 Å². The summed E-state index contributed by atoms with van der Waals surface area (Å²) in [5, 5.41) is 7.99. The normalized spacial score (nSPS) is 26.4. The minimum Gasteiger partial charge on any atom is -0.334 e. The highest BCUT2D eigenvalue weighted by Gasteiger charge is 2.43. The lowest BCUT2D eigenvalue weighted by Crippen LogP contribution is -2.41. The fourth-order valence-corrected chi connectivity index (χ4v) is 3.41. The summed E-state index contributed by atoms with van der Waals surface area (Å²) in [5.41, 5.74) is 0.145. The molecule has 2 fully saturated rings. The second-order valence-corrected chi connectivity index (χ2v) is 6.46. The summed E-state index contributed by atoms with van der Waals surface area (Å²) in [7, 11) is 1.89. The molecule has 2 heterocycles. The second-order valence-electron chi connectivity index (χ2n) is 6.46. The van der Waals surface area contributed by atoms with Crippen molar-refractivity contribution in [3.63, 3.8) is 0 Å². The zero-order valence-corrected chi connectivity index (χ0v) is 13.9. The maximum Gasteiger partial charge on any atom is 0.322 e. The Morgan fingerprint density at radius 2 is 2.04 bits per heavy atom. The van der Waals surface area contributed by atoms with Crippen LogP contribution in [0.2, 0.25) is 0 Å². The SMILES string of the molecule is CNC[C@H]1CCCN1C(=O)c1ccc([C@@]2(C)NC(=O)NC2=O)cc1. The standard InChI is InChI=1S/C17H22N4O3/c1-17(15(23)19-16(24)20-17)12-7-5-11(6-8-12)14(22)21-9-3-4-13(21)10-18-2/h5-8,13,18H,3-4,9-10H2,1-2H3,(H2,19,20,23,24)/t13-,17-/m1/s1. The minimum absolute atomic E-state index is 0.00404. The van der Waals surface area contributed by atoms with Gasteiger partial charge in [0.2, 0.25) is 0 Å². The lowest BCUT2D eigenvalue weighted by Gasteiger charge is -2.25. The summed E-state index contributed by atoms with van der Waals surface area (Å²) >= 11 is 0. The van der Waals surface area contributed by atoms with Crippen LogP contribution in [0.15, 0.2) is 24.3 Å². The number of likely N-dealkylation sites (N-methyl/N-ethyl adjacent to an activating group) is 1. The van der Waals surface area contributed by atoms with E-state index < -0.39 is 11.6 Å². The lowest BCUT2D eigenvalue weighted by atomic mass is 9.91. The zero-order chi connectivity index (χ0) is 17.3. The van der Waals surface area contributed by atoms with Crippen LogP contribution < -0.4 is 16.0 Å². The Morgan fingerprint density at radius 1 is 1.33 bits per heavy atom. The molecule has 3 rings (SSSR count). The third kappa shape index (κ3) is 2.75. The van der Waals surface area contributed by atoms with E-state index in [0.717, 1.165) is 25.9 Å². The van der Waals surface area contributed by atoms with Crippen molar-refractivity contribution >= 4 is 17.8 Å². The third-order valence-corrected chi connectivity index (χ3v) is 4.83. The van der Waals surface area contributed by atoms with Gasteiger partial charge in [-0.05, 0) is 44.5 Å². The fourth-order valence-electron chi connectivity index (χ4n) is 3.41. The van der Waals surface area contributed by atoms with Crippen molar-refractivity contribution in [1.29, 1.82) is 0 Å². The first-order valence-corrected chi connectivity index (χ1v) is 8.15. The minimum atomic E-state index is -1.10. The Kier molecular flexibility index (Phi) is 4.28. The molecule has 2 aliphatic rings. The zero-order valence-electron chi connectivity index (χ0n) is 13.9. The Balaban J connectivity index is 1.78. The Morgan fingerprint density at radius 3 is 2.62 bits per heavy atom. The molecule has 0 unspecified atom stereocenters. The second kappa shape index (κ2) is 6.24. The van der Waals surface area contributed by atoms with Gasteiger partial charge in [0.15, 0.2) is 0 Å². The first-order valence-electron chi connectivity index (χ1n) is 8.15. The van der Waals surface area contributed by atoms with Crippen LogP contribution in [0, 0.1) is 0 Å². The lowest BCUT2D eigenvalue weighted by molar-refractivity contribution is -0.123. The van der Waals surface area contributed by atoms with Crippen molar-refractivity contribution in [3.05, 3.63) is 35.4 Å². The predicted octanol–water partition coefficient (Wildman–Crippen LogP) is 0.565. The van der Waals surface area contributed by atoms with Crippen molar-refractivity contribution in [2.24, 2.45) is 0 Å². The van der Waals surface area contributed by atoms with Gasteiger partial charge in [-0.1, -0.05) is 12.1 Å². The van der Waals surface area contributed by atoms with Gasteiger partial charge in [-0.2, -0.15) is 0 Å². The van der Waals surface area contributed by atoms with Gasteiger partial charge in [-0.25, -0.2) is 4.79 Å². The van der Waals surface area contributed by atoms with Gasteiger partial charge in [0.1, 0.15) is 5.54 Å². The van der Waals surface area contributed by atoms with Gasteiger partial charge < -0.3 is 15.5 Å². The van der Waals surface area contributed by atoms with Gasteiger partial charge >= 0.3 is 6.03 Å².